The van der Waals surface area contributed by atoms with Crippen molar-refractivity contribution in [2.24, 2.45) is 0 Å². The molecule has 0 aliphatic carbocycles. The van der Waals surface area contributed by atoms with Crippen molar-refractivity contribution in [1.29, 1.82) is 0 Å². The Bertz CT molecular complexity index is 374. The molecule has 1 unspecified atom stereocenters. The molecule has 0 aromatic carbocycles. The van der Waals surface area contributed by atoms with Gasteiger partial charge in [-0.15, -0.1) is 6.58 Å². The fourth-order valence-corrected chi connectivity index (χ4v) is 1.80. The summed E-state index contributed by atoms with van der Waals surface area (Å²) in [6.45, 7) is 10.7. The third-order valence-electron chi connectivity index (χ3n) is 2.69. The summed E-state index contributed by atoms with van der Waals surface area (Å²) in [6.07, 6.45) is -0.598. The molecule has 0 aromatic heterocycles. The summed E-state index contributed by atoms with van der Waals surface area (Å²) in [4.78, 5) is 25.1. The largest absolute Gasteiger partial charge is 0.466 e. The van der Waals surface area contributed by atoms with E-state index < -0.39 is 30.0 Å². The smallest absolute Gasteiger partial charge is 0.413 e. The molecular formula is C13H21NO5. The minimum Gasteiger partial charge on any atom is -0.466 e. The molecule has 1 fully saturated rings. The van der Waals surface area contributed by atoms with E-state index in [-0.39, 0.29) is 6.04 Å². The summed E-state index contributed by atoms with van der Waals surface area (Å²) in [5, 5.41) is 0. The highest BCUT2D eigenvalue weighted by molar-refractivity contribution is 5.81. The maximum absolute atomic E-state index is 12.1. The van der Waals surface area contributed by atoms with Gasteiger partial charge in [0.05, 0.1) is 19.3 Å². The second kappa shape index (κ2) is 5.61. The van der Waals surface area contributed by atoms with Gasteiger partial charge in [0.2, 0.25) is 6.23 Å². The normalized spacial score (nSPS) is 27.0. The monoisotopic (exact) mass is 271 g/mol. The molecule has 6 heteroatoms. The van der Waals surface area contributed by atoms with Gasteiger partial charge in [0.15, 0.2) is 0 Å². The van der Waals surface area contributed by atoms with Crippen molar-refractivity contribution in [3.63, 3.8) is 0 Å². The van der Waals surface area contributed by atoms with Crippen molar-refractivity contribution in [3.05, 3.63) is 12.7 Å². The Kier molecular flexibility index (Phi) is 4.57. The number of ether oxygens (including phenoxy) is 3. The van der Waals surface area contributed by atoms with Gasteiger partial charge < -0.3 is 14.2 Å². The number of carbonyl (C=O) groups excluding carboxylic acids is 2. The van der Waals surface area contributed by atoms with Crippen molar-refractivity contribution < 1.29 is 23.8 Å². The molecule has 0 bridgehead atoms. The molecule has 1 heterocycles. The fourth-order valence-electron chi connectivity index (χ4n) is 1.80. The first-order valence-corrected chi connectivity index (χ1v) is 6.08. The van der Waals surface area contributed by atoms with Crippen molar-refractivity contribution in [3.8, 4) is 0 Å². The maximum atomic E-state index is 12.1. The number of methoxy groups -OCH3 is 1. The highest BCUT2D eigenvalue weighted by Gasteiger charge is 2.47. The molecule has 1 rings (SSSR count). The topological polar surface area (TPSA) is 65.1 Å². The number of hydrogen-bond acceptors (Lipinski definition) is 5. The van der Waals surface area contributed by atoms with Gasteiger partial charge in [-0.2, -0.15) is 0 Å². The first-order valence-electron chi connectivity index (χ1n) is 6.08. The summed E-state index contributed by atoms with van der Waals surface area (Å²) < 4.78 is 15.4. The van der Waals surface area contributed by atoms with Gasteiger partial charge in [-0.3, -0.25) is 4.90 Å². The van der Waals surface area contributed by atoms with E-state index >= 15 is 0 Å². The maximum Gasteiger partial charge on any atom is 0.413 e. The highest BCUT2D eigenvalue weighted by atomic mass is 16.6. The lowest BCUT2D eigenvalue weighted by atomic mass is 10.2. The molecule has 0 saturated carbocycles. The molecule has 1 aliphatic heterocycles. The Labute approximate surface area is 113 Å². The summed E-state index contributed by atoms with van der Waals surface area (Å²) in [5.74, 6) is -0.637. The molecule has 1 amide bonds. The van der Waals surface area contributed by atoms with Crippen LogP contribution in [0.3, 0.4) is 0 Å². The minimum absolute atomic E-state index is 0.351. The zero-order valence-electron chi connectivity index (χ0n) is 12.0. The lowest BCUT2D eigenvalue weighted by molar-refractivity contribution is -0.159. The molecule has 6 nitrogen and oxygen atoms in total. The zero-order valence-corrected chi connectivity index (χ0v) is 12.0. The predicted molar refractivity (Wildman–Crippen MR) is 68.4 cm³/mol. The summed E-state index contributed by atoms with van der Waals surface area (Å²) in [6, 6.07) is -0.351. The first-order chi connectivity index (χ1) is 8.71. The standard InChI is InChI=1S/C13H21NO5/c1-7-9-8(2)14(10(18-9)11(15)17-6)12(16)19-13(3,4)5/h7-10H,1H2,2-6H3/t8-,9-,10?/m0/s1. The molecule has 1 saturated heterocycles. The van der Waals surface area contributed by atoms with Crippen LogP contribution in [0.1, 0.15) is 27.7 Å². The second-order valence-electron chi connectivity index (χ2n) is 5.34. The Morgan fingerprint density at radius 3 is 2.37 bits per heavy atom. The molecule has 0 radical (unpaired) electrons. The molecule has 19 heavy (non-hydrogen) atoms. The van der Waals surface area contributed by atoms with Gasteiger partial charge in [0, 0.05) is 0 Å². The highest BCUT2D eigenvalue weighted by Crippen LogP contribution is 2.27. The van der Waals surface area contributed by atoms with E-state index in [1.807, 2.05) is 0 Å². The third-order valence-corrected chi connectivity index (χ3v) is 2.69. The molecule has 0 N–H and O–H groups in total. The van der Waals surface area contributed by atoms with Crippen LogP contribution in [0.5, 0.6) is 0 Å². The van der Waals surface area contributed by atoms with Gasteiger partial charge >= 0.3 is 12.1 Å². The van der Waals surface area contributed by atoms with E-state index in [1.54, 1.807) is 33.8 Å². The third kappa shape index (κ3) is 3.47. The summed E-state index contributed by atoms with van der Waals surface area (Å²) in [5.41, 5.74) is -0.649. The number of amides is 1. The lowest BCUT2D eigenvalue weighted by Crippen LogP contribution is -2.47. The van der Waals surface area contributed by atoms with Crippen molar-refractivity contribution in [1.82, 2.24) is 4.90 Å². The lowest BCUT2D eigenvalue weighted by Gasteiger charge is -2.28. The van der Waals surface area contributed by atoms with E-state index in [0.717, 1.165) is 0 Å². The molecule has 0 aromatic rings. The molecular weight excluding hydrogens is 250 g/mol. The molecule has 108 valence electrons. The minimum atomic E-state index is -1.10. The van der Waals surface area contributed by atoms with E-state index in [0.29, 0.717) is 0 Å². The molecule has 0 spiro atoms. The van der Waals surface area contributed by atoms with Crippen LogP contribution in [0, 0.1) is 0 Å². The van der Waals surface area contributed by atoms with Crippen LogP contribution < -0.4 is 0 Å². The molecule has 1 aliphatic rings. The average molecular weight is 271 g/mol. The zero-order chi connectivity index (χ0) is 14.8. The van der Waals surface area contributed by atoms with Gasteiger partial charge in [0.25, 0.3) is 0 Å². The van der Waals surface area contributed by atoms with Crippen molar-refractivity contribution in [2.45, 2.75) is 51.7 Å². The van der Waals surface area contributed by atoms with Gasteiger partial charge in [-0.25, -0.2) is 9.59 Å². The van der Waals surface area contributed by atoms with E-state index in [1.165, 1.54) is 12.0 Å². The Morgan fingerprint density at radius 2 is 1.95 bits per heavy atom. The van der Waals surface area contributed by atoms with Crippen molar-refractivity contribution >= 4 is 12.1 Å². The Morgan fingerprint density at radius 1 is 1.37 bits per heavy atom. The predicted octanol–water partition coefficient (Wildman–Crippen LogP) is 1.70. The van der Waals surface area contributed by atoms with Crippen LogP contribution in [-0.2, 0) is 19.0 Å². The SMILES string of the molecule is C=C[C@@H]1OC(C(=O)OC)N(C(=O)OC(C)(C)C)[C@H]1C. The Balaban J connectivity index is 2.95. The van der Waals surface area contributed by atoms with Gasteiger partial charge in [-0.05, 0) is 27.7 Å². The number of carbonyl (C=O) groups is 2. The summed E-state index contributed by atoms with van der Waals surface area (Å²) in [7, 11) is 1.24. The van der Waals surface area contributed by atoms with Crippen LogP contribution in [0.4, 0.5) is 4.79 Å². The van der Waals surface area contributed by atoms with Crippen molar-refractivity contribution in [2.75, 3.05) is 7.11 Å². The van der Waals surface area contributed by atoms with Crippen LogP contribution in [-0.4, -0.2) is 48.0 Å². The fraction of sp³-hybridized carbons (Fsp3) is 0.692. The quantitative estimate of drug-likeness (QED) is 0.565. The number of nitrogens with zero attached hydrogens (tertiary/aromatic N) is 1. The van der Waals surface area contributed by atoms with Crippen LogP contribution >= 0.6 is 0 Å². The summed E-state index contributed by atoms with van der Waals surface area (Å²) >= 11 is 0. The van der Waals surface area contributed by atoms with Gasteiger partial charge in [-0.1, -0.05) is 6.08 Å². The van der Waals surface area contributed by atoms with Crippen LogP contribution in [0.2, 0.25) is 0 Å². The van der Waals surface area contributed by atoms with E-state index in [2.05, 4.69) is 11.3 Å². The Hall–Kier alpha value is -1.56. The number of esters is 1. The van der Waals surface area contributed by atoms with E-state index in [9.17, 15) is 9.59 Å². The van der Waals surface area contributed by atoms with Gasteiger partial charge in [0.1, 0.15) is 5.60 Å². The molecule has 3 atom stereocenters. The van der Waals surface area contributed by atoms with Crippen LogP contribution in [0.15, 0.2) is 12.7 Å². The number of hydrogen-bond donors (Lipinski definition) is 0. The number of rotatable bonds is 2. The van der Waals surface area contributed by atoms with Crippen LogP contribution in [0.25, 0.3) is 0 Å². The second-order valence-corrected chi connectivity index (χ2v) is 5.34. The first kappa shape index (κ1) is 15.5. The average Bonchev–Trinajstić information content (AvgIpc) is 2.63. The van der Waals surface area contributed by atoms with E-state index in [4.69, 9.17) is 9.47 Å².